The summed E-state index contributed by atoms with van der Waals surface area (Å²) in [6, 6.07) is 12.1. The summed E-state index contributed by atoms with van der Waals surface area (Å²) in [7, 11) is 1.86. The van der Waals surface area contributed by atoms with Gasteiger partial charge in [0, 0.05) is 55.4 Å². The highest BCUT2D eigenvalue weighted by Crippen LogP contribution is 2.33. The maximum atomic E-state index is 13.1. The molecular formula is C24H25FN6O. The molecule has 164 valence electrons. The van der Waals surface area contributed by atoms with Gasteiger partial charge in [0.1, 0.15) is 17.7 Å². The first-order valence-electron chi connectivity index (χ1n) is 11.1. The van der Waals surface area contributed by atoms with Crippen LogP contribution >= 0.6 is 0 Å². The van der Waals surface area contributed by atoms with Gasteiger partial charge >= 0.3 is 0 Å². The van der Waals surface area contributed by atoms with Crippen molar-refractivity contribution in [3.8, 4) is 17.0 Å². The van der Waals surface area contributed by atoms with Crippen LogP contribution < -0.4 is 10.2 Å². The van der Waals surface area contributed by atoms with Gasteiger partial charge in [0.15, 0.2) is 0 Å². The Balaban J connectivity index is 1.24. The van der Waals surface area contributed by atoms with Crippen LogP contribution in [0.15, 0.2) is 42.6 Å². The fourth-order valence-electron chi connectivity index (χ4n) is 4.84. The number of hydrogen-bond donors (Lipinski definition) is 2. The molecule has 1 aliphatic carbocycles. The van der Waals surface area contributed by atoms with Crippen molar-refractivity contribution in [2.45, 2.75) is 37.5 Å². The van der Waals surface area contributed by atoms with Gasteiger partial charge in [-0.1, -0.05) is 0 Å². The van der Waals surface area contributed by atoms with Crippen molar-refractivity contribution in [1.82, 2.24) is 25.1 Å². The Morgan fingerprint density at radius 1 is 1.03 bits per heavy atom. The van der Waals surface area contributed by atoms with Gasteiger partial charge in [-0.2, -0.15) is 5.10 Å². The second kappa shape index (κ2) is 7.41. The lowest BCUT2D eigenvalue weighted by Gasteiger charge is -2.33. The van der Waals surface area contributed by atoms with Gasteiger partial charge in [0.25, 0.3) is 0 Å². The number of aryl methyl sites for hydroxylation is 1. The average Bonchev–Trinajstić information content (AvgIpc) is 3.36. The number of fused-ring (bicyclic) bond motifs is 2. The highest BCUT2D eigenvalue weighted by atomic mass is 19.1. The molecule has 1 aliphatic heterocycles. The van der Waals surface area contributed by atoms with Gasteiger partial charge in [0.05, 0.1) is 22.2 Å². The van der Waals surface area contributed by atoms with E-state index >= 15 is 0 Å². The van der Waals surface area contributed by atoms with Gasteiger partial charge in [-0.05, 0) is 49.6 Å². The van der Waals surface area contributed by atoms with E-state index < -0.39 is 6.17 Å². The molecule has 4 heterocycles. The molecule has 1 atom stereocenters. The lowest BCUT2D eigenvalue weighted by atomic mass is 9.90. The molecule has 1 saturated carbocycles. The lowest BCUT2D eigenvalue weighted by Crippen LogP contribution is -2.48. The number of alkyl halides is 1. The monoisotopic (exact) mass is 432 g/mol. The van der Waals surface area contributed by atoms with E-state index in [-0.39, 0.29) is 5.75 Å². The number of aromatic nitrogens is 4. The van der Waals surface area contributed by atoms with Crippen molar-refractivity contribution >= 4 is 27.8 Å². The molecule has 1 unspecified atom stereocenters. The smallest absolute Gasteiger partial charge is 0.129 e. The SMILES string of the molecule is Cn1cc2cc(-c3ccc4nc(N5CCC(NC6CC(F)C6)C5)ccc4n3)c(O)cc2n1. The van der Waals surface area contributed by atoms with Crippen LogP contribution in [0, 0.1) is 0 Å². The third-order valence-corrected chi connectivity index (χ3v) is 6.60. The Labute approximate surface area is 184 Å². The van der Waals surface area contributed by atoms with Crippen LogP contribution in [0.1, 0.15) is 19.3 Å². The number of nitrogens with zero attached hydrogens (tertiary/aromatic N) is 5. The number of pyridine rings is 2. The number of anilines is 1. The lowest BCUT2D eigenvalue weighted by molar-refractivity contribution is 0.148. The summed E-state index contributed by atoms with van der Waals surface area (Å²) in [5, 5.41) is 19.4. The Morgan fingerprint density at radius 3 is 2.69 bits per heavy atom. The third-order valence-electron chi connectivity index (χ3n) is 6.60. The van der Waals surface area contributed by atoms with Crippen LogP contribution in [0.3, 0.4) is 0 Å². The van der Waals surface area contributed by atoms with Crippen LogP contribution in [0.4, 0.5) is 10.2 Å². The third kappa shape index (κ3) is 3.44. The van der Waals surface area contributed by atoms with E-state index in [1.165, 1.54) is 0 Å². The molecule has 8 heteroatoms. The first kappa shape index (κ1) is 19.4. The summed E-state index contributed by atoms with van der Waals surface area (Å²) >= 11 is 0. The van der Waals surface area contributed by atoms with Crippen molar-refractivity contribution in [2.75, 3.05) is 18.0 Å². The van der Waals surface area contributed by atoms with E-state index in [1.807, 2.05) is 43.6 Å². The number of rotatable bonds is 4. The largest absolute Gasteiger partial charge is 0.507 e. The van der Waals surface area contributed by atoms with Gasteiger partial charge in [-0.25, -0.2) is 14.4 Å². The van der Waals surface area contributed by atoms with Crippen LogP contribution in [-0.2, 0) is 7.05 Å². The van der Waals surface area contributed by atoms with E-state index in [0.717, 1.165) is 47.3 Å². The molecule has 3 aromatic heterocycles. The molecule has 32 heavy (non-hydrogen) atoms. The van der Waals surface area contributed by atoms with E-state index in [4.69, 9.17) is 9.97 Å². The van der Waals surface area contributed by atoms with Crippen LogP contribution in [0.5, 0.6) is 5.75 Å². The quantitative estimate of drug-likeness (QED) is 0.513. The van der Waals surface area contributed by atoms with E-state index in [1.54, 1.807) is 10.7 Å². The molecule has 6 rings (SSSR count). The number of phenolic OH excluding ortho intramolecular Hbond substituents is 1. The zero-order valence-corrected chi connectivity index (χ0v) is 17.9. The molecule has 2 aliphatic rings. The second-order valence-corrected chi connectivity index (χ2v) is 9.00. The van der Waals surface area contributed by atoms with Crippen molar-refractivity contribution in [3.63, 3.8) is 0 Å². The minimum absolute atomic E-state index is 0.161. The number of aromatic hydroxyl groups is 1. The van der Waals surface area contributed by atoms with E-state index in [2.05, 4.69) is 15.3 Å². The predicted octanol–water partition coefficient (Wildman–Crippen LogP) is 3.56. The predicted molar refractivity (Wildman–Crippen MR) is 123 cm³/mol. The van der Waals surface area contributed by atoms with Gasteiger partial charge in [-0.3, -0.25) is 4.68 Å². The van der Waals surface area contributed by atoms with Gasteiger partial charge in [-0.15, -0.1) is 0 Å². The molecule has 0 radical (unpaired) electrons. The Hall–Kier alpha value is -3.26. The second-order valence-electron chi connectivity index (χ2n) is 9.00. The summed E-state index contributed by atoms with van der Waals surface area (Å²) in [5.74, 6) is 1.10. The number of halogens is 1. The zero-order chi connectivity index (χ0) is 21.8. The van der Waals surface area contributed by atoms with Crippen molar-refractivity contribution in [1.29, 1.82) is 0 Å². The topological polar surface area (TPSA) is 79.1 Å². The molecule has 0 bridgehead atoms. The molecule has 1 saturated heterocycles. The number of benzene rings is 1. The van der Waals surface area contributed by atoms with Crippen molar-refractivity contribution in [2.24, 2.45) is 7.05 Å². The summed E-state index contributed by atoms with van der Waals surface area (Å²) in [6.07, 6.45) is 3.62. The van der Waals surface area contributed by atoms with Gasteiger partial charge in [0.2, 0.25) is 0 Å². The van der Waals surface area contributed by atoms with Crippen molar-refractivity contribution < 1.29 is 9.50 Å². The van der Waals surface area contributed by atoms with Crippen molar-refractivity contribution in [3.05, 3.63) is 42.6 Å². The first-order chi connectivity index (χ1) is 15.5. The molecule has 0 spiro atoms. The van der Waals surface area contributed by atoms with E-state index in [9.17, 15) is 9.50 Å². The fourth-order valence-corrected chi connectivity index (χ4v) is 4.84. The number of nitrogens with one attached hydrogen (secondary N) is 1. The number of phenols is 1. The zero-order valence-electron chi connectivity index (χ0n) is 17.9. The standard InChI is InChI=1S/C24H25FN6O/c1-30-12-14-8-18(23(32)11-22(14)29-30)19-2-3-21-20(27-19)4-5-24(28-21)31-7-6-16(13-31)26-17-9-15(25)10-17/h2-5,8,11-12,15-17,26,32H,6-7,9-10,13H2,1H3. The Bertz CT molecular complexity index is 1310. The molecule has 1 aromatic carbocycles. The fraction of sp³-hybridized carbons (Fsp3) is 0.375. The van der Waals surface area contributed by atoms with Crippen LogP contribution in [-0.4, -0.2) is 56.2 Å². The number of hydrogen-bond acceptors (Lipinski definition) is 6. The Morgan fingerprint density at radius 2 is 1.84 bits per heavy atom. The summed E-state index contributed by atoms with van der Waals surface area (Å²) < 4.78 is 14.8. The molecule has 0 amide bonds. The molecule has 7 nitrogen and oxygen atoms in total. The van der Waals surface area contributed by atoms with Gasteiger partial charge < -0.3 is 15.3 Å². The molecular weight excluding hydrogens is 407 g/mol. The summed E-state index contributed by atoms with van der Waals surface area (Å²) in [5.41, 5.74) is 3.74. The first-order valence-corrected chi connectivity index (χ1v) is 11.1. The average molecular weight is 433 g/mol. The van der Waals surface area contributed by atoms with Crippen LogP contribution in [0.2, 0.25) is 0 Å². The Kier molecular flexibility index (Phi) is 4.50. The molecule has 4 aromatic rings. The summed E-state index contributed by atoms with van der Waals surface area (Å²) in [6.45, 7) is 1.82. The minimum Gasteiger partial charge on any atom is -0.507 e. The summed E-state index contributed by atoms with van der Waals surface area (Å²) in [4.78, 5) is 11.9. The molecule has 2 fully saturated rings. The van der Waals surface area contributed by atoms with E-state index in [0.29, 0.717) is 36.2 Å². The molecule has 2 N–H and O–H groups in total. The maximum Gasteiger partial charge on any atom is 0.129 e. The van der Waals surface area contributed by atoms with Crippen LogP contribution in [0.25, 0.3) is 33.2 Å². The normalized spacial score (nSPS) is 23.2. The maximum absolute atomic E-state index is 13.1. The minimum atomic E-state index is -0.627. The highest BCUT2D eigenvalue weighted by molar-refractivity contribution is 5.88. The highest BCUT2D eigenvalue weighted by Gasteiger charge is 2.33.